The first kappa shape index (κ1) is 13.2. The minimum atomic E-state index is -0.592. The van der Waals surface area contributed by atoms with E-state index in [4.69, 9.17) is 15.0 Å². The van der Waals surface area contributed by atoms with Crippen LogP contribution in [-0.4, -0.2) is 22.7 Å². The SMILES string of the molecule is CCOC(=O)c1noc(CC(N)c2ccccc2)n1. The van der Waals surface area contributed by atoms with Crippen molar-refractivity contribution in [2.24, 2.45) is 5.73 Å². The molecule has 1 aromatic heterocycles. The van der Waals surface area contributed by atoms with E-state index in [9.17, 15) is 4.79 Å². The summed E-state index contributed by atoms with van der Waals surface area (Å²) < 4.78 is 9.76. The van der Waals surface area contributed by atoms with E-state index in [2.05, 4.69) is 10.1 Å². The number of carbonyl (C=O) groups excluding carboxylic acids is 1. The summed E-state index contributed by atoms with van der Waals surface area (Å²) >= 11 is 0. The fourth-order valence-corrected chi connectivity index (χ4v) is 1.62. The van der Waals surface area contributed by atoms with Crippen LogP contribution in [0, 0.1) is 0 Å². The summed E-state index contributed by atoms with van der Waals surface area (Å²) in [4.78, 5) is 15.3. The van der Waals surface area contributed by atoms with Gasteiger partial charge in [0.2, 0.25) is 5.89 Å². The third-order valence-corrected chi connectivity index (χ3v) is 2.55. The van der Waals surface area contributed by atoms with Crippen LogP contribution in [0.25, 0.3) is 0 Å². The molecule has 1 atom stereocenters. The molecule has 2 aromatic rings. The Hall–Kier alpha value is -2.21. The number of hydrogen-bond donors (Lipinski definition) is 1. The van der Waals surface area contributed by atoms with Crippen molar-refractivity contribution < 1.29 is 14.1 Å². The highest BCUT2D eigenvalue weighted by Gasteiger charge is 2.17. The van der Waals surface area contributed by atoms with Crippen molar-refractivity contribution in [1.29, 1.82) is 0 Å². The maximum atomic E-state index is 11.4. The van der Waals surface area contributed by atoms with Gasteiger partial charge in [-0.3, -0.25) is 0 Å². The molecule has 2 N–H and O–H groups in total. The zero-order valence-corrected chi connectivity index (χ0v) is 10.6. The summed E-state index contributed by atoms with van der Waals surface area (Å²) in [7, 11) is 0. The smallest absolute Gasteiger partial charge is 0.379 e. The minimum Gasteiger partial charge on any atom is -0.460 e. The fraction of sp³-hybridized carbons (Fsp3) is 0.308. The number of ether oxygens (including phenoxy) is 1. The van der Waals surface area contributed by atoms with Crippen molar-refractivity contribution in [3.63, 3.8) is 0 Å². The van der Waals surface area contributed by atoms with Gasteiger partial charge in [0.05, 0.1) is 6.61 Å². The maximum Gasteiger partial charge on any atom is 0.379 e. The first-order chi connectivity index (χ1) is 9.20. The summed E-state index contributed by atoms with van der Waals surface area (Å²) in [6.45, 7) is 1.98. The molecule has 6 heteroatoms. The minimum absolute atomic E-state index is 0.0721. The van der Waals surface area contributed by atoms with Crippen LogP contribution in [0.2, 0.25) is 0 Å². The molecular weight excluding hydrogens is 246 g/mol. The maximum absolute atomic E-state index is 11.4. The van der Waals surface area contributed by atoms with Crippen LogP contribution in [0.5, 0.6) is 0 Å². The number of benzene rings is 1. The Balaban J connectivity index is 2.02. The van der Waals surface area contributed by atoms with Crippen LogP contribution < -0.4 is 5.73 Å². The van der Waals surface area contributed by atoms with Gasteiger partial charge < -0.3 is 15.0 Å². The molecule has 0 aliphatic carbocycles. The van der Waals surface area contributed by atoms with Gasteiger partial charge in [0.25, 0.3) is 5.82 Å². The summed E-state index contributed by atoms with van der Waals surface area (Å²) in [5, 5.41) is 3.57. The lowest BCUT2D eigenvalue weighted by Gasteiger charge is -2.08. The second-order valence-corrected chi connectivity index (χ2v) is 3.95. The lowest BCUT2D eigenvalue weighted by Crippen LogP contribution is -2.13. The zero-order valence-electron chi connectivity index (χ0n) is 10.6. The molecular formula is C13H15N3O3. The molecule has 0 amide bonds. The lowest BCUT2D eigenvalue weighted by atomic mass is 10.1. The molecule has 0 bridgehead atoms. The highest BCUT2D eigenvalue weighted by molar-refractivity contribution is 5.84. The average Bonchev–Trinajstić information content (AvgIpc) is 2.88. The second-order valence-electron chi connectivity index (χ2n) is 3.95. The highest BCUT2D eigenvalue weighted by Crippen LogP contribution is 2.14. The Kier molecular flexibility index (Phi) is 4.25. The topological polar surface area (TPSA) is 91.2 Å². The van der Waals surface area contributed by atoms with Gasteiger partial charge in [-0.15, -0.1) is 0 Å². The van der Waals surface area contributed by atoms with Crippen molar-refractivity contribution in [2.75, 3.05) is 6.61 Å². The summed E-state index contributed by atoms with van der Waals surface area (Å²) in [5.41, 5.74) is 7.00. The number of esters is 1. The molecule has 0 saturated heterocycles. The molecule has 1 heterocycles. The van der Waals surface area contributed by atoms with Crippen LogP contribution in [0.3, 0.4) is 0 Å². The van der Waals surface area contributed by atoms with Crippen LogP contribution in [0.1, 0.15) is 35.0 Å². The van der Waals surface area contributed by atoms with E-state index >= 15 is 0 Å². The van der Waals surface area contributed by atoms with Gasteiger partial charge in [0.1, 0.15) is 0 Å². The number of hydrogen-bond acceptors (Lipinski definition) is 6. The first-order valence-corrected chi connectivity index (χ1v) is 6.01. The Morgan fingerprint density at radius 2 is 2.16 bits per heavy atom. The van der Waals surface area contributed by atoms with Crippen molar-refractivity contribution in [3.8, 4) is 0 Å². The van der Waals surface area contributed by atoms with E-state index in [0.29, 0.717) is 12.3 Å². The Morgan fingerprint density at radius 1 is 1.42 bits per heavy atom. The Morgan fingerprint density at radius 3 is 2.84 bits per heavy atom. The van der Waals surface area contributed by atoms with Crippen LogP contribution in [0.4, 0.5) is 0 Å². The van der Waals surface area contributed by atoms with E-state index < -0.39 is 5.97 Å². The van der Waals surface area contributed by atoms with Crippen molar-refractivity contribution >= 4 is 5.97 Å². The Labute approximate surface area is 110 Å². The quantitative estimate of drug-likeness (QED) is 0.820. The highest BCUT2D eigenvalue weighted by atomic mass is 16.5. The average molecular weight is 261 g/mol. The van der Waals surface area contributed by atoms with Gasteiger partial charge in [0, 0.05) is 12.5 Å². The first-order valence-electron chi connectivity index (χ1n) is 6.01. The van der Waals surface area contributed by atoms with E-state index in [1.54, 1.807) is 6.92 Å². The number of carbonyl (C=O) groups is 1. The Bertz CT molecular complexity index is 539. The molecule has 100 valence electrons. The number of rotatable bonds is 5. The molecule has 0 aliphatic rings. The van der Waals surface area contributed by atoms with Crippen molar-refractivity contribution in [2.45, 2.75) is 19.4 Å². The predicted molar refractivity (Wildman–Crippen MR) is 67.3 cm³/mol. The largest absolute Gasteiger partial charge is 0.460 e. The molecule has 2 rings (SSSR count). The molecule has 0 radical (unpaired) electrons. The third kappa shape index (κ3) is 3.38. The van der Waals surface area contributed by atoms with E-state index in [1.165, 1.54) is 0 Å². The molecule has 0 spiro atoms. The van der Waals surface area contributed by atoms with Crippen LogP contribution in [0.15, 0.2) is 34.9 Å². The molecule has 0 fully saturated rings. The summed E-state index contributed by atoms with van der Waals surface area (Å²) in [5.74, 6) is -0.345. The van der Waals surface area contributed by atoms with E-state index in [-0.39, 0.29) is 18.5 Å². The molecule has 0 saturated carbocycles. The number of aromatic nitrogens is 2. The van der Waals surface area contributed by atoms with E-state index in [1.807, 2.05) is 30.3 Å². The van der Waals surface area contributed by atoms with Gasteiger partial charge in [-0.05, 0) is 17.6 Å². The fourth-order valence-electron chi connectivity index (χ4n) is 1.62. The van der Waals surface area contributed by atoms with Gasteiger partial charge in [-0.1, -0.05) is 30.3 Å². The van der Waals surface area contributed by atoms with Gasteiger partial charge >= 0.3 is 5.97 Å². The van der Waals surface area contributed by atoms with Crippen molar-refractivity contribution in [1.82, 2.24) is 10.1 Å². The van der Waals surface area contributed by atoms with Crippen LogP contribution >= 0.6 is 0 Å². The second kappa shape index (κ2) is 6.10. The van der Waals surface area contributed by atoms with Gasteiger partial charge in [-0.25, -0.2) is 4.79 Å². The summed E-state index contributed by atoms with van der Waals surface area (Å²) in [6.07, 6.45) is 0.371. The molecule has 6 nitrogen and oxygen atoms in total. The molecule has 0 aliphatic heterocycles. The molecule has 19 heavy (non-hydrogen) atoms. The summed E-state index contributed by atoms with van der Waals surface area (Å²) in [6, 6.07) is 9.33. The van der Waals surface area contributed by atoms with Gasteiger partial charge in [0.15, 0.2) is 0 Å². The monoisotopic (exact) mass is 261 g/mol. The molecule has 1 unspecified atom stereocenters. The van der Waals surface area contributed by atoms with Crippen molar-refractivity contribution in [3.05, 3.63) is 47.6 Å². The molecule has 1 aromatic carbocycles. The third-order valence-electron chi connectivity index (χ3n) is 2.55. The number of nitrogens with two attached hydrogens (primary N) is 1. The number of nitrogens with zero attached hydrogens (tertiary/aromatic N) is 2. The zero-order chi connectivity index (χ0) is 13.7. The van der Waals surface area contributed by atoms with Gasteiger partial charge in [-0.2, -0.15) is 4.98 Å². The van der Waals surface area contributed by atoms with E-state index in [0.717, 1.165) is 5.56 Å². The normalized spacial score (nSPS) is 12.1. The lowest BCUT2D eigenvalue weighted by molar-refractivity contribution is 0.0508. The standard InChI is InChI=1S/C13H15N3O3/c1-2-18-13(17)12-15-11(19-16-12)8-10(14)9-6-4-3-5-7-9/h3-7,10H,2,8,14H2,1H3. The predicted octanol–water partition coefficient (Wildman–Crippen LogP) is 1.49. The van der Waals surface area contributed by atoms with Crippen LogP contribution in [-0.2, 0) is 11.2 Å².